The molecule has 0 fully saturated rings. The van der Waals surface area contributed by atoms with Gasteiger partial charge < -0.3 is 15.2 Å². The van der Waals surface area contributed by atoms with E-state index >= 15 is 0 Å². The Bertz CT molecular complexity index is 376. The minimum Gasteiger partial charge on any atom is -0.462 e. The lowest BCUT2D eigenvalue weighted by Gasteiger charge is -2.07. The van der Waals surface area contributed by atoms with Gasteiger partial charge in [-0.05, 0) is 30.7 Å². The van der Waals surface area contributed by atoms with E-state index in [0.29, 0.717) is 18.7 Å². The summed E-state index contributed by atoms with van der Waals surface area (Å²) >= 11 is 0. The molecule has 0 atom stereocenters. The Morgan fingerprint density at radius 1 is 1.15 bits per heavy atom. The molecule has 1 rings (SSSR count). The molecule has 0 spiro atoms. The Hall–Kier alpha value is -1.55. The van der Waals surface area contributed by atoms with Crippen LogP contribution in [0.3, 0.4) is 0 Å². The van der Waals surface area contributed by atoms with Crippen LogP contribution < -0.4 is 5.32 Å². The average molecular weight is 279 g/mol. The first-order valence-corrected chi connectivity index (χ1v) is 7.40. The van der Waals surface area contributed by atoms with E-state index in [4.69, 9.17) is 9.84 Å². The number of benzene rings is 1. The molecule has 2 N–H and O–H groups in total. The Morgan fingerprint density at radius 2 is 1.85 bits per heavy atom. The Kier molecular flexibility index (Phi) is 8.47. The Balaban J connectivity index is 2.25. The highest BCUT2D eigenvalue weighted by molar-refractivity contribution is 5.89. The quantitative estimate of drug-likeness (QED) is 0.510. The third-order valence-electron chi connectivity index (χ3n) is 3.04. The fourth-order valence-electron chi connectivity index (χ4n) is 1.88. The van der Waals surface area contributed by atoms with E-state index in [1.807, 2.05) is 12.1 Å². The predicted octanol–water partition coefficient (Wildman–Crippen LogP) is 3.22. The van der Waals surface area contributed by atoms with Crippen LogP contribution in [0.4, 0.5) is 5.69 Å². The van der Waals surface area contributed by atoms with Crippen LogP contribution in [0.1, 0.15) is 49.4 Å². The number of esters is 1. The zero-order valence-electron chi connectivity index (χ0n) is 12.2. The summed E-state index contributed by atoms with van der Waals surface area (Å²) in [6.07, 6.45) is 5.72. The number of hydrogen-bond donors (Lipinski definition) is 2. The molecule has 1 aromatic carbocycles. The van der Waals surface area contributed by atoms with Crippen LogP contribution in [0, 0.1) is 0 Å². The van der Waals surface area contributed by atoms with Crippen molar-refractivity contribution in [1.82, 2.24) is 0 Å². The van der Waals surface area contributed by atoms with Crippen LogP contribution in [-0.2, 0) is 4.74 Å². The van der Waals surface area contributed by atoms with Crippen LogP contribution >= 0.6 is 0 Å². The fourth-order valence-corrected chi connectivity index (χ4v) is 1.88. The fraction of sp³-hybridized carbons (Fsp3) is 0.562. The van der Waals surface area contributed by atoms with E-state index in [-0.39, 0.29) is 12.6 Å². The van der Waals surface area contributed by atoms with Gasteiger partial charge in [0.15, 0.2) is 0 Å². The molecule has 0 saturated heterocycles. The van der Waals surface area contributed by atoms with Crippen molar-refractivity contribution in [3.63, 3.8) is 0 Å². The lowest BCUT2D eigenvalue weighted by atomic mass is 10.2. The molecule has 0 aliphatic carbocycles. The van der Waals surface area contributed by atoms with E-state index in [1.165, 1.54) is 19.3 Å². The smallest absolute Gasteiger partial charge is 0.338 e. The highest BCUT2D eigenvalue weighted by atomic mass is 16.5. The second-order valence-electron chi connectivity index (χ2n) is 4.78. The Morgan fingerprint density at radius 3 is 2.50 bits per heavy atom. The highest BCUT2D eigenvalue weighted by Crippen LogP contribution is 2.11. The topological polar surface area (TPSA) is 58.6 Å². The number of carbonyl (C=O) groups is 1. The van der Waals surface area contributed by atoms with E-state index < -0.39 is 0 Å². The number of carbonyl (C=O) groups excluding carboxylic acids is 1. The number of hydrogen-bond acceptors (Lipinski definition) is 4. The lowest BCUT2D eigenvalue weighted by molar-refractivity contribution is 0.0497. The van der Waals surface area contributed by atoms with Crippen LogP contribution in [0.15, 0.2) is 24.3 Å². The van der Waals surface area contributed by atoms with Crippen LogP contribution in [0.5, 0.6) is 0 Å². The minimum absolute atomic E-state index is 0.0851. The SMILES string of the molecule is CCCCCCCOC(=O)c1ccc(NCCO)cc1. The van der Waals surface area contributed by atoms with Gasteiger partial charge in [-0.1, -0.05) is 32.6 Å². The number of anilines is 1. The van der Waals surface area contributed by atoms with Crippen molar-refractivity contribution in [1.29, 1.82) is 0 Å². The Labute approximate surface area is 121 Å². The molecule has 0 aliphatic rings. The average Bonchev–Trinajstić information content (AvgIpc) is 2.49. The van der Waals surface area contributed by atoms with Gasteiger partial charge in [-0.2, -0.15) is 0 Å². The summed E-state index contributed by atoms with van der Waals surface area (Å²) in [4.78, 5) is 11.8. The second kappa shape index (κ2) is 10.3. The lowest BCUT2D eigenvalue weighted by Crippen LogP contribution is -2.08. The molecule has 0 unspecified atom stereocenters. The first kappa shape index (κ1) is 16.5. The standard InChI is InChI=1S/C16H25NO3/c1-2-3-4-5-6-13-20-16(19)14-7-9-15(10-8-14)17-11-12-18/h7-10,17-18H,2-6,11-13H2,1H3. The van der Waals surface area contributed by atoms with Gasteiger partial charge >= 0.3 is 5.97 Å². The van der Waals surface area contributed by atoms with Crippen LogP contribution in [0.25, 0.3) is 0 Å². The first-order chi connectivity index (χ1) is 9.77. The molecular formula is C16H25NO3. The molecule has 0 bridgehead atoms. The molecule has 0 heterocycles. The molecule has 20 heavy (non-hydrogen) atoms. The zero-order valence-corrected chi connectivity index (χ0v) is 12.2. The first-order valence-electron chi connectivity index (χ1n) is 7.40. The van der Waals surface area contributed by atoms with Crippen molar-refractivity contribution < 1.29 is 14.6 Å². The molecule has 0 saturated carbocycles. The van der Waals surface area contributed by atoms with E-state index in [1.54, 1.807) is 12.1 Å². The van der Waals surface area contributed by atoms with Crippen LogP contribution in [0.2, 0.25) is 0 Å². The van der Waals surface area contributed by atoms with Gasteiger partial charge in [0, 0.05) is 12.2 Å². The molecule has 0 amide bonds. The molecule has 0 radical (unpaired) electrons. The van der Waals surface area contributed by atoms with Crippen molar-refractivity contribution in [3.05, 3.63) is 29.8 Å². The largest absolute Gasteiger partial charge is 0.462 e. The molecular weight excluding hydrogens is 254 g/mol. The number of ether oxygens (including phenoxy) is 1. The van der Waals surface area contributed by atoms with Crippen molar-refractivity contribution in [2.24, 2.45) is 0 Å². The van der Waals surface area contributed by atoms with Gasteiger partial charge in [0.2, 0.25) is 0 Å². The van der Waals surface area contributed by atoms with Crippen molar-refractivity contribution in [3.8, 4) is 0 Å². The number of aliphatic hydroxyl groups is 1. The monoisotopic (exact) mass is 279 g/mol. The minimum atomic E-state index is -0.269. The maximum atomic E-state index is 11.8. The number of aliphatic hydroxyl groups excluding tert-OH is 1. The second-order valence-corrected chi connectivity index (χ2v) is 4.78. The van der Waals surface area contributed by atoms with Crippen molar-refractivity contribution >= 4 is 11.7 Å². The van der Waals surface area contributed by atoms with Crippen molar-refractivity contribution in [2.75, 3.05) is 25.1 Å². The van der Waals surface area contributed by atoms with Gasteiger partial charge in [-0.3, -0.25) is 0 Å². The third kappa shape index (κ3) is 6.57. The van der Waals surface area contributed by atoms with Crippen LogP contribution in [-0.4, -0.2) is 30.8 Å². The summed E-state index contributed by atoms with van der Waals surface area (Å²) in [6, 6.07) is 7.10. The van der Waals surface area contributed by atoms with Gasteiger partial charge in [0.25, 0.3) is 0 Å². The third-order valence-corrected chi connectivity index (χ3v) is 3.04. The van der Waals surface area contributed by atoms with Crippen molar-refractivity contribution in [2.45, 2.75) is 39.0 Å². The number of rotatable bonds is 10. The molecule has 0 aliphatic heterocycles. The molecule has 4 nitrogen and oxygen atoms in total. The van der Waals surface area contributed by atoms with E-state index in [0.717, 1.165) is 18.5 Å². The highest BCUT2D eigenvalue weighted by Gasteiger charge is 2.06. The van der Waals surface area contributed by atoms with Gasteiger partial charge in [-0.15, -0.1) is 0 Å². The van der Waals surface area contributed by atoms with E-state index in [2.05, 4.69) is 12.2 Å². The molecule has 112 valence electrons. The number of nitrogens with one attached hydrogen (secondary N) is 1. The van der Waals surface area contributed by atoms with Gasteiger partial charge in [0.1, 0.15) is 0 Å². The summed E-state index contributed by atoms with van der Waals surface area (Å²) in [5, 5.41) is 11.7. The van der Waals surface area contributed by atoms with E-state index in [9.17, 15) is 4.79 Å². The molecule has 0 aromatic heterocycles. The summed E-state index contributed by atoms with van der Waals surface area (Å²) < 4.78 is 5.23. The summed E-state index contributed by atoms with van der Waals surface area (Å²) in [5.41, 5.74) is 1.45. The maximum absolute atomic E-state index is 11.8. The molecule has 1 aromatic rings. The maximum Gasteiger partial charge on any atom is 0.338 e. The van der Waals surface area contributed by atoms with Gasteiger partial charge in [-0.25, -0.2) is 4.79 Å². The van der Waals surface area contributed by atoms with Gasteiger partial charge in [0.05, 0.1) is 18.8 Å². The zero-order chi connectivity index (χ0) is 14.6. The predicted molar refractivity (Wildman–Crippen MR) is 81.1 cm³/mol. The molecule has 4 heteroatoms. The number of unbranched alkanes of at least 4 members (excludes halogenated alkanes) is 4. The summed E-state index contributed by atoms with van der Waals surface area (Å²) in [7, 11) is 0. The normalized spacial score (nSPS) is 10.3. The summed E-state index contributed by atoms with van der Waals surface area (Å²) in [6.45, 7) is 3.26. The summed E-state index contributed by atoms with van der Waals surface area (Å²) in [5.74, 6) is -0.269.